The zero-order valence-electron chi connectivity index (χ0n) is 18.6. The van der Waals surface area contributed by atoms with E-state index >= 15 is 0 Å². The number of ether oxygens (including phenoxy) is 2. The van der Waals surface area contributed by atoms with Gasteiger partial charge in [-0.25, -0.2) is 8.42 Å². The number of halogens is 6. The van der Waals surface area contributed by atoms with E-state index in [0.29, 0.717) is 18.2 Å². The average Bonchev–Trinajstić information content (AvgIpc) is 3.29. The molecule has 1 aliphatic heterocycles. The van der Waals surface area contributed by atoms with E-state index in [1.807, 2.05) is 6.07 Å². The van der Waals surface area contributed by atoms with Crippen LogP contribution in [0.15, 0.2) is 53.4 Å². The van der Waals surface area contributed by atoms with Crippen molar-refractivity contribution in [3.05, 3.63) is 54.1 Å². The lowest BCUT2D eigenvalue weighted by atomic mass is 10.0. The summed E-state index contributed by atoms with van der Waals surface area (Å²) >= 11 is 0. The highest BCUT2D eigenvalue weighted by Crippen LogP contribution is 2.37. The summed E-state index contributed by atoms with van der Waals surface area (Å²) in [6, 6.07) is 12.5. The molecule has 7 nitrogen and oxygen atoms in total. The second-order valence-electron chi connectivity index (χ2n) is 7.98. The number of hydrogen-bond acceptors (Lipinski definition) is 6. The maximum absolute atomic E-state index is 13.9. The summed E-state index contributed by atoms with van der Waals surface area (Å²) in [5.74, 6) is -1.30. The number of sulfonamides is 1. The van der Waals surface area contributed by atoms with Gasteiger partial charge in [-0.2, -0.15) is 35.9 Å². The molecule has 0 bridgehead atoms. The lowest BCUT2D eigenvalue weighted by molar-refractivity contribution is -0.154. The highest BCUT2D eigenvalue weighted by molar-refractivity contribution is 7.89. The van der Waals surface area contributed by atoms with Crippen LogP contribution in [-0.2, 0) is 16.6 Å². The van der Waals surface area contributed by atoms with Crippen LogP contribution < -0.4 is 14.8 Å². The van der Waals surface area contributed by atoms with E-state index in [-0.39, 0.29) is 19.5 Å². The van der Waals surface area contributed by atoms with Crippen molar-refractivity contribution in [1.29, 1.82) is 5.26 Å². The third kappa shape index (κ3) is 6.80. The third-order valence-electron chi connectivity index (χ3n) is 5.26. The van der Waals surface area contributed by atoms with Crippen LogP contribution in [0, 0.1) is 11.3 Å². The fraction of sp³-hybridized carbons (Fsp3) is 0.409. The molecule has 0 aromatic heterocycles. The molecular weight excluding hydrogens is 516 g/mol. The summed E-state index contributed by atoms with van der Waals surface area (Å²) in [7, 11) is -4.81. The number of nitrogens with zero attached hydrogens (tertiary/aromatic N) is 2. The van der Waals surface area contributed by atoms with Crippen LogP contribution >= 0.6 is 0 Å². The lowest BCUT2D eigenvalue weighted by Gasteiger charge is -2.34. The standard InChI is InChI=1S/C22H21F6N3O4S/c23-21(24,25)14-34-17-6-7-18(35-15-22(26,27)28)19(10-17)36(32,33)31(11-16-4-2-1-3-5-16)20(12-29)8-9-30-13-20/h1-7,10,30H,8-9,11,13-15H2/t20-/m0/s1. The first kappa shape index (κ1) is 27.6. The number of alkyl halides is 6. The van der Waals surface area contributed by atoms with Crippen molar-refractivity contribution in [2.45, 2.75) is 35.8 Å². The van der Waals surface area contributed by atoms with E-state index in [9.17, 15) is 40.0 Å². The maximum Gasteiger partial charge on any atom is 0.422 e. The van der Waals surface area contributed by atoms with Crippen LogP contribution in [0.1, 0.15) is 12.0 Å². The van der Waals surface area contributed by atoms with Crippen LogP contribution in [0.4, 0.5) is 26.3 Å². The quantitative estimate of drug-likeness (QED) is 0.486. The second kappa shape index (κ2) is 10.5. The summed E-state index contributed by atoms with van der Waals surface area (Å²) in [6.07, 6.45) is -9.50. The summed E-state index contributed by atoms with van der Waals surface area (Å²) in [4.78, 5) is -0.858. The Labute approximate surface area is 203 Å². The second-order valence-corrected chi connectivity index (χ2v) is 9.81. The number of hydrogen-bond donors (Lipinski definition) is 1. The number of rotatable bonds is 9. The van der Waals surface area contributed by atoms with Gasteiger partial charge < -0.3 is 14.8 Å². The van der Waals surface area contributed by atoms with Crippen LogP contribution in [0.2, 0.25) is 0 Å². The highest BCUT2D eigenvalue weighted by atomic mass is 32.2. The van der Waals surface area contributed by atoms with Gasteiger partial charge in [-0.15, -0.1) is 0 Å². The van der Waals surface area contributed by atoms with E-state index in [1.54, 1.807) is 30.3 Å². The fourth-order valence-electron chi connectivity index (χ4n) is 3.60. The van der Waals surface area contributed by atoms with E-state index in [0.717, 1.165) is 16.4 Å². The summed E-state index contributed by atoms with van der Waals surface area (Å²) < 4.78 is 114. The van der Waals surface area contributed by atoms with Crippen LogP contribution in [0.25, 0.3) is 0 Å². The highest BCUT2D eigenvalue weighted by Gasteiger charge is 2.48. The molecule has 2 aromatic rings. The monoisotopic (exact) mass is 537 g/mol. The molecule has 1 atom stereocenters. The molecule has 1 aliphatic rings. The van der Waals surface area contributed by atoms with Crippen molar-refractivity contribution >= 4 is 10.0 Å². The van der Waals surface area contributed by atoms with Crippen LogP contribution in [0.5, 0.6) is 11.5 Å². The molecule has 36 heavy (non-hydrogen) atoms. The molecule has 14 heteroatoms. The minimum Gasteiger partial charge on any atom is -0.484 e. The summed E-state index contributed by atoms with van der Waals surface area (Å²) in [6.45, 7) is -3.71. The molecule has 0 unspecified atom stereocenters. The van der Waals surface area contributed by atoms with Gasteiger partial charge in [0.05, 0.1) is 6.07 Å². The van der Waals surface area contributed by atoms with Crippen molar-refractivity contribution in [2.24, 2.45) is 0 Å². The first-order valence-corrected chi connectivity index (χ1v) is 11.9. The molecule has 1 fully saturated rings. The first-order chi connectivity index (χ1) is 16.8. The third-order valence-corrected chi connectivity index (χ3v) is 7.20. The zero-order chi connectivity index (χ0) is 26.6. The number of benzene rings is 2. The fourth-order valence-corrected chi connectivity index (χ4v) is 5.46. The van der Waals surface area contributed by atoms with Crippen molar-refractivity contribution in [2.75, 3.05) is 26.3 Å². The van der Waals surface area contributed by atoms with Crippen molar-refractivity contribution in [3.63, 3.8) is 0 Å². The zero-order valence-corrected chi connectivity index (χ0v) is 19.4. The van der Waals surface area contributed by atoms with Gasteiger partial charge in [0, 0.05) is 19.2 Å². The van der Waals surface area contributed by atoms with E-state index < -0.39 is 57.5 Å². The van der Waals surface area contributed by atoms with Gasteiger partial charge in [0.1, 0.15) is 21.9 Å². The van der Waals surface area contributed by atoms with E-state index in [1.165, 1.54) is 0 Å². The molecule has 196 valence electrons. The molecule has 3 rings (SSSR count). The molecule has 0 amide bonds. The molecular formula is C22H21F6N3O4S. The molecule has 0 saturated carbocycles. The SMILES string of the molecule is N#C[C@@]1(N(Cc2ccccc2)S(=O)(=O)c2cc(OCC(F)(F)F)ccc2OCC(F)(F)F)CCNC1. The number of nitriles is 1. The largest absolute Gasteiger partial charge is 0.484 e. The average molecular weight is 537 g/mol. The predicted molar refractivity (Wildman–Crippen MR) is 115 cm³/mol. The van der Waals surface area contributed by atoms with Crippen molar-refractivity contribution in [1.82, 2.24) is 9.62 Å². The van der Waals surface area contributed by atoms with E-state index in [4.69, 9.17) is 4.74 Å². The molecule has 1 saturated heterocycles. The van der Waals surface area contributed by atoms with Crippen molar-refractivity contribution in [3.8, 4) is 17.6 Å². The van der Waals surface area contributed by atoms with Crippen LogP contribution in [0.3, 0.4) is 0 Å². The molecule has 1 N–H and O–H groups in total. The van der Waals surface area contributed by atoms with Crippen molar-refractivity contribution < 1.29 is 44.2 Å². The Morgan fingerprint density at radius 3 is 2.19 bits per heavy atom. The van der Waals surface area contributed by atoms with Gasteiger partial charge in [-0.05, 0) is 30.7 Å². The predicted octanol–water partition coefficient (Wildman–Crippen LogP) is 4.02. The Bertz CT molecular complexity index is 1190. The normalized spacial score (nSPS) is 18.7. The van der Waals surface area contributed by atoms with Gasteiger partial charge in [0.2, 0.25) is 10.0 Å². The Morgan fingerprint density at radius 1 is 1.00 bits per heavy atom. The summed E-state index contributed by atoms with van der Waals surface area (Å²) in [5, 5.41) is 12.9. The minimum atomic E-state index is -4.82. The Balaban J connectivity index is 2.12. The van der Waals surface area contributed by atoms with Gasteiger partial charge in [0.25, 0.3) is 0 Å². The molecule has 2 aromatic carbocycles. The molecule has 0 spiro atoms. The van der Waals surface area contributed by atoms with Gasteiger partial charge in [-0.1, -0.05) is 30.3 Å². The van der Waals surface area contributed by atoms with Crippen LogP contribution in [-0.4, -0.2) is 56.9 Å². The molecule has 1 heterocycles. The smallest absolute Gasteiger partial charge is 0.422 e. The topological polar surface area (TPSA) is 91.7 Å². The van der Waals surface area contributed by atoms with Gasteiger partial charge in [0.15, 0.2) is 13.2 Å². The Kier molecular flexibility index (Phi) is 8.07. The van der Waals surface area contributed by atoms with Gasteiger partial charge >= 0.3 is 12.4 Å². The lowest BCUT2D eigenvalue weighted by Crippen LogP contribution is -2.51. The Morgan fingerprint density at radius 2 is 1.64 bits per heavy atom. The molecule has 0 aliphatic carbocycles. The first-order valence-electron chi connectivity index (χ1n) is 10.5. The van der Waals surface area contributed by atoms with Gasteiger partial charge in [-0.3, -0.25) is 0 Å². The minimum absolute atomic E-state index is 0.0680. The Hall–Kier alpha value is -3.02. The van der Waals surface area contributed by atoms with E-state index in [2.05, 4.69) is 10.1 Å². The molecule has 0 radical (unpaired) electrons. The maximum atomic E-state index is 13.9. The summed E-state index contributed by atoms with van der Waals surface area (Å²) in [5.41, 5.74) is -1.14. The number of nitrogens with one attached hydrogen (secondary N) is 1.